The number of benzene rings is 2. The van der Waals surface area contributed by atoms with Crippen molar-refractivity contribution in [2.75, 3.05) is 0 Å². The number of primary amides is 1. The van der Waals surface area contributed by atoms with Gasteiger partial charge in [0.05, 0.1) is 9.99 Å². The Morgan fingerprint density at radius 1 is 1.10 bits per heavy atom. The van der Waals surface area contributed by atoms with Crippen molar-refractivity contribution in [3.05, 3.63) is 64.6 Å². The summed E-state index contributed by atoms with van der Waals surface area (Å²) >= 11 is 3.43. The van der Waals surface area contributed by atoms with Gasteiger partial charge in [-0.3, -0.25) is 4.79 Å². The van der Waals surface area contributed by atoms with E-state index in [1.807, 2.05) is 36.4 Å². The van der Waals surface area contributed by atoms with Crippen LogP contribution in [0.25, 0.3) is 10.9 Å². The van der Waals surface area contributed by atoms with Gasteiger partial charge in [0.15, 0.2) is 0 Å². The minimum atomic E-state index is -0.461. The second kappa shape index (κ2) is 5.54. The lowest BCUT2D eigenvalue weighted by atomic mass is 10.1. The molecule has 0 spiro atoms. The lowest BCUT2D eigenvalue weighted by Crippen LogP contribution is -2.10. The molecule has 1 aromatic heterocycles. The summed E-state index contributed by atoms with van der Waals surface area (Å²) in [6.45, 7) is 0. The molecule has 0 radical (unpaired) electrons. The largest absolute Gasteiger partial charge is 0.438 e. The number of nitrogens with zero attached hydrogens (tertiary/aromatic N) is 1. The van der Waals surface area contributed by atoms with Gasteiger partial charge in [-0.25, -0.2) is 4.98 Å². The monoisotopic (exact) mass is 342 g/mol. The smallest absolute Gasteiger partial charge is 0.248 e. The van der Waals surface area contributed by atoms with Crippen LogP contribution in [0.5, 0.6) is 11.6 Å². The Labute approximate surface area is 129 Å². The normalized spacial score (nSPS) is 10.5. The molecule has 0 fully saturated rings. The quantitative estimate of drug-likeness (QED) is 0.785. The summed E-state index contributed by atoms with van der Waals surface area (Å²) in [5.74, 6) is 0.719. The average Bonchev–Trinajstić information content (AvgIpc) is 2.48. The molecule has 0 saturated heterocycles. The summed E-state index contributed by atoms with van der Waals surface area (Å²) in [4.78, 5) is 15.7. The first-order chi connectivity index (χ1) is 10.1. The molecule has 0 atom stereocenters. The van der Waals surface area contributed by atoms with Crippen molar-refractivity contribution in [1.29, 1.82) is 0 Å². The molecular formula is C16H11BrN2O2. The molecule has 1 heterocycles. The van der Waals surface area contributed by atoms with Gasteiger partial charge in [-0.1, -0.05) is 18.2 Å². The highest BCUT2D eigenvalue weighted by molar-refractivity contribution is 9.10. The lowest BCUT2D eigenvalue weighted by Gasteiger charge is -2.08. The highest BCUT2D eigenvalue weighted by Gasteiger charge is 2.09. The number of carbonyl (C=O) groups is 1. The molecule has 5 heteroatoms. The maximum Gasteiger partial charge on any atom is 0.248 e. The van der Waals surface area contributed by atoms with E-state index in [2.05, 4.69) is 20.9 Å². The van der Waals surface area contributed by atoms with Crippen LogP contribution in [0.4, 0.5) is 0 Å². The van der Waals surface area contributed by atoms with Gasteiger partial charge >= 0.3 is 0 Å². The number of nitrogens with two attached hydrogens (primary N) is 1. The minimum Gasteiger partial charge on any atom is -0.438 e. The first kappa shape index (κ1) is 13.6. The van der Waals surface area contributed by atoms with Gasteiger partial charge in [-0.2, -0.15) is 0 Å². The summed E-state index contributed by atoms with van der Waals surface area (Å²) in [5.41, 5.74) is 6.46. The predicted molar refractivity (Wildman–Crippen MR) is 84.5 cm³/mol. The molecule has 21 heavy (non-hydrogen) atoms. The number of aromatic nitrogens is 1. The molecule has 0 unspecified atom stereocenters. The van der Waals surface area contributed by atoms with Gasteiger partial charge in [-0.05, 0) is 52.3 Å². The Balaban J connectivity index is 2.03. The SMILES string of the molecule is NC(=O)c1ccc2nc(Oc3ccccc3)c(Br)cc2c1. The number of fused-ring (bicyclic) bond motifs is 1. The fourth-order valence-corrected chi connectivity index (χ4v) is 2.37. The van der Waals surface area contributed by atoms with Crippen LogP contribution in [0.3, 0.4) is 0 Å². The zero-order valence-corrected chi connectivity index (χ0v) is 12.5. The molecule has 3 rings (SSSR count). The standard InChI is InChI=1S/C16H11BrN2O2/c17-13-9-11-8-10(15(18)20)6-7-14(11)19-16(13)21-12-4-2-1-3-5-12/h1-9H,(H2,18,20). The molecule has 0 aliphatic heterocycles. The number of hydrogen-bond acceptors (Lipinski definition) is 3. The third-order valence-electron chi connectivity index (χ3n) is 2.98. The van der Waals surface area contributed by atoms with Crippen LogP contribution < -0.4 is 10.5 Å². The number of pyridine rings is 1. The number of ether oxygens (including phenoxy) is 1. The Kier molecular flexibility index (Phi) is 3.58. The third-order valence-corrected chi connectivity index (χ3v) is 3.55. The molecule has 2 N–H and O–H groups in total. The third kappa shape index (κ3) is 2.87. The van der Waals surface area contributed by atoms with Crippen molar-refractivity contribution < 1.29 is 9.53 Å². The molecule has 2 aromatic carbocycles. The van der Waals surface area contributed by atoms with Crippen LogP contribution >= 0.6 is 15.9 Å². The second-order valence-corrected chi connectivity index (χ2v) is 5.32. The topological polar surface area (TPSA) is 65.2 Å². The van der Waals surface area contributed by atoms with Crippen LogP contribution in [0.1, 0.15) is 10.4 Å². The van der Waals surface area contributed by atoms with Crippen LogP contribution in [0, 0.1) is 0 Å². The Morgan fingerprint density at radius 3 is 2.57 bits per heavy atom. The molecular weight excluding hydrogens is 332 g/mol. The molecule has 0 aliphatic carbocycles. The van der Waals surface area contributed by atoms with Crippen LogP contribution in [-0.2, 0) is 0 Å². The number of halogens is 1. The van der Waals surface area contributed by atoms with Crippen molar-refractivity contribution in [3.8, 4) is 11.6 Å². The maximum absolute atomic E-state index is 11.2. The van der Waals surface area contributed by atoms with Crippen LogP contribution in [-0.4, -0.2) is 10.9 Å². The second-order valence-electron chi connectivity index (χ2n) is 4.46. The number of hydrogen-bond donors (Lipinski definition) is 1. The first-order valence-electron chi connectivity index (χ1n) is 6.26. The van der Waals surface area contributed by atoms with Crippen molar-refractivity contribution in [2.24, 2.45) is 5.73 Å². The van der Waals surface area contributed by atoms with Gasteiger partial charge in [0.1, 0.15) is 5.75 Å². The molecule has 104 valence electrons. The van der Waals surface area contributed by atoms with E-state index in [1.54, 1.807) is 18.2 Å². The molecule has 0 bridgehead atoms. The van der Waals surface area contributed by atoms with Gasteiger partial charge < -0.3 is 10.5 Å². The fourth-order valence-electron chi connectivity index (χ4n) is 1.96. The van der Waals surface area contributed by atoms with E-state index in [1.165, 1.54) is 0 Å². The number of rotatable bonds is 3. The number of amides is 1. The molecule has 1 amide bonds. The minimum absolute atomic E-state index is 0.452. The summed E-state index contributed by atoms with van der Waals surface area (Å²) in [6, 6.07) is 16.4. The van der Waals surface area contributed by atoms with E-state index in [4.69, 9.17) is 10.5 Å². The number of para-hydroxylation sites is 1. The highest BCUT2D eigenvalue weighted by atomic mass is 79.9. The van der Waals surface area contributed by atoms with E-state index >= 15 is 0 Å². The van der Waals surface area contributed by atoms with Crippen LogP contribution in [0.15, 0.2) is 59.1 Å². The maximum atomic E-state index is 11.2. The van der Waals surface area contributed by atoms with Gasteiger partial charge in [0.2, 0.25) is 11.8 Å². The molecule has 4 nitrogen and oxygen atoms in total. The fraction of sp³-hybridized carbons (Fsp3) is 0. The summed E-state index contributed by atoms with van der Waals surface area (Å²) < 4.78 is 6.45. The predicted octanol–water partition coefficient (Wildman–Crippen LogP) is 3.89. The highest BCUT2D eigenvalue weighted by Crippen LogP contribution is 2.31. The van der Waals surface area contributed by atoms with E-state index < -0.39 is 5.91 Å². The molecule has 3 aromatic rings. The first-order valence-corrected chi connectivity index (χ1v) is 7.06. The van der Waals surface area contributed by atoms with Crippen LogP contribution in [0.2, 0.25) is 0 Å². The van der Waals surface area contributed by atoms with Crippen molar-refractivity contribution in [1.82, 2.24) is 4.98 Å². The van der Waals surface area contributed by atoms with E-state index in [9.17, 15) is 4.79 Å². The molecule has 0 aliphatic rings. The van der Waals surface area contributed by atoms with E-state index in [0.717, 1.165) is 10.9 Å². The summed E-state index contributed by atoms with van der Waals surface area (Å²) in [5, 5.41) is 0.818. The van der Waals surface area contributed by atoms with Crippen molar-refractivity contribution in [3.63, 3.8) is 0 Å². The zero-order valence-electron chi connectivity index (χ0n) is 10.9. The van der Waals surface area contributed by atoms with Crippen molar-refractivity contribution in [2.45, 2.75) is 0 Å². The van der Waals surface area contributed by atoms with Crippen molar-refractivity contribution >= 4 is 32.7 Å². The Morgan fingerprint density at radius 2 is 1.86 bits per heavy atom. The Hall–Kier alpha value is -2.40. The average molecular weight is 343 g/mol. The summed E-state index contributed by atoms with van der Waals surface area (Å²) in [6.07, 6.45) is 0. The zero-order chi connectivity index (χ0) is 14.8. The summed E-state index contributed by atoms with van der Waals surface area (Å²) in [7, 11) is 0. The van der Waals surface area contributed by atoms with Gasteiger partial charge in [0, 0.05) is 10.9 Å². The van der Waals surface area contributed by atoms with Gasteiger partial charge in [0.25, 0.3) is 0 Å². The van der Waals surface area contributed by atoms with Gasteiger partial charge in [-0.15, -0.1) is 0 Å². The lowest BCUT2D eigenvalue weighted by molar-refractivity contribution is 0.100. The number of carbonyl (C=O) groups excluding carboxylic acids is 1. The van der Waals surface area contributed by atoms with E-state index in [-0.39, 0.29) is 0 Å². The molecule has 0 saturated carbocycles. The Bertz CT molecular complexity index is 819. The van der Waals surface area contributed by atoms with E-state index in [0.29, 0.717) is 21.7 Å².